The molecule has 0 N–H and O–H groups in total. The van der Waals surface area contributed by atoms with Gasteiger partial charge in [0, 0.05) is 19.3 Å². The van der Waals surface area contributed by atoms with Crippen molar-refractivity contribution in [1.82, 2.24) is 0 Å². The van der Waals surface area contributed by atoms with Gasteiger partial charge in [-0.25, -0.2) is 0 Å². The molecule has 0 heterocycles. The van der Waals surface area contributed by atoms with Crippen LogP contribution in [0.4, 0.5) is 0 Å². The molecular weight excluding hydrogens is 721 g/mol. The third-order valence-electron chi connectivity index (χ3n) is 10.2. The van der Waals surface area contributed by atoms with E-state index in [1.807, 2.05) is 0 Å². The summed E-state index contributed by atoms with van der Waals surface area (Å²) in [7, 11) is 0. The average molecular weight is 811 g/mol. The molecule has 0 aromatic heterocycles. The van der Waals surface area contributed by atoms with Crippen molar-refractivity contribution in [2.75, 3.05) is 13.2 Å². The molecule has 0 aromatic carbocycles. The van der Waals surface area contributed by atoms with Gasteiger partial charge in [0.15, 0.2) is 6.10 Å². The van der Waals surface area contributed by atoms with Crippen molar-refractivity contribution in [2.45, 2.75) is 239 Å². The van der Waals surface area contributed by atoms with Crippen molar-refractivity contribution >= 4 is 17.9 Å². The SMILES string of the molecule is CC/C=C\C/C=C\CCCCCCCC(=O)OCC(COC(=O)CCCCCCC/C=C\CCCCCCCCC)OC(=O)CCCCCCC/C=C\C/C=C\CC. The first kappa shape index (κ1) is 55.1. The Morgan fingerprint density at radius 2 is 0.672 bits per heavy atom. The summed E-state index contributed by atoms with van der Waals surface area (Å²) in [6, 6.07) is 0. The maximum absolute atomic E-state index is 12.7. The van der Waals surface area contributed by atoms with Crippen molar-refractivity contribution in [2.24, 2.45) is 0 Å². The van der Waals surface area contributed by atoms with E-state index in [1.165, 1.54) is 64.2 Å². The van der Waals surface area contributed by atoms with Gasteiger partial charge in [0.05, 0.1) is 0 Å². The smallest absolute Gasteiger partial charge is 0.306 e. The number of ether oxygens (including phenoxy) is 3. The lowest BCUT2D eigenvalue weighted by Crippen LogP contribution is -2.30. The van der Waals surface area contributed by atoms with Crippen LogP contribution in [0.1, 0.15) is 233 Å². The average Bonchev–Trinajstić information content (AvgIpc) is 3.22. The summed E-state index contributed by atoms with van der Waals surface area (Å²) in [5.74, 6) is -0.928. The van der Waals surface area contributed by atoms with Crippen LogP contribution in [0.25, 0.3) is 0 Å². The van der Waals surface area contributed by atoms with Gasteiger partial charge in [-0.2, -0.15) is 0 Å². The van der Waals surface area contributed by atoms with Gasteiger partial charge in [0.25, 0.3) is 0 Å². The number of unbranched alkanes of at least 4 members (excludes halogenated alkanes) is 22. The van der Waals surface area contributed by atoms with Crippen molar-refractivity contribution in [3.05, 3.63) is 60.8 Å². The lowest BCUT2D eigenvalue weighted by molar-refractivity contribution is -0.167. The third-order valence-corrected chi connectivity index (χ3v) is 10.2. The lowest BCUT2D eigenvalue weighted by atomic mass is 10.1. The minimum atomic E-state index is -0.788. The number of esters is 3. The maximum atomic E-state index is 12.7. The van der Waals surface area contributed by atoms with Crippen molar-refractivity contribution in [1.29, 1.82) is 0 Å². The van der Waals surface area contributed by atoms with E-state index in [0.717, 1.165) is 128 Å². The number of carbonyl (C=O) groups excluding carboxylic acids is 3. The molecule has 58 heavy (non-hydrogen) atoms. The van der Waals surface area contributed by atoms with Crippen LogP contribution in [0, 0.1) is 0 Å². The monoisotopic (exact) mass is 811 g/mol. The van der Waals surface area contributed by atoms with Crippen LogP contribution in [0.15, 0.2) is 60.8 Å². The molecule has 0 aliphatic rings. The second-order valence-electron chi connectivity index (χ2n) is 16.0. The van der Waals surface area contributed by atoms with Crippen LogP contribution in [0.5, 0.6) is 0 Å². The maximum Gasteiger partial charge on any atom is 0.306 e. The summed E-state index contributed by atoms with van der Waals surface area (Å²) in [6.45, 7) is 6.38. The molecule has 0 radical (unpaired) electrons. The third kappa shape index (κ3) is 44.2. The molecule has 0 aliphatic heterocycles. The standard InChI is InChI=1S/C52H90O6/c1-4-7-10-13-16-19-22-25-26-27-28-31-33-36-39-42-45-51(54)57-48-49(58-52(55)46-43-40-37-34-30-24-21-18-15-12-9-6-3)47-56-50(53)44-41-38-35-32-29-23-20-17-14-11-8-5-2/h8-9,11-12,17-18,20-21,26-27,49H,4-7,10,13-16,19,22-25,28-48H2,1-3H3/b11-8-,12-9-,20-17-,21-18-,27-26-. The molecular formula is C52H90O6. The predicted molar refractivity (Wildman–Crippen MR) is 247 cm³/mol. The van der Waals surface area contributed by atoms with E-state index >= 15 is 0 Å². The van der Waals surface area contributed by atoms with Gasteiger partial charge >= 0.3 is 17.9 Å². The van der Waals surface area contributed by atoms with Gasteiger partial charge in [0.1, 0.15) is 13.2 Å². The largest absolute Gasteiger partial charge is 0.462 e. The number of allylic oxidation sites excluding steroid dienone is 10. The van der Waals surface area contributed by atoms with Gasteiger partial charge in [0.2, 0.25) is 0 Å². The molecule has 0 amide bonds. The fourth-order valence-corrected chi connectivity index (χ4v) is 6.63. The molecule has 0 aromatic rings. The van der Waals surface area contributed by atoms with E-state index < -0.39 is 6.10 Å². The van der Waals surface area contributed by atoms with Gasteiger partial charge in [-0.15, -0.1) is 0 Å². The number of hydrogen-bond donors (Lipinski definition) is 0. The molecule has 0 spiro atoms. The second kappa shape index (κ2) is 46.8. The summed E-state index contributed by atoms with van der Waals surface area (Å²) in [5.41, 5.74) is 0. The highest BCUT2D eigenvalue weighted by Crippen LogP contribution is 2.14. The zero-order chi connectivity index (χ0) is 42.3. The predicted octanol–water partition coefficient (Wildman–Crippen LogP) is 15.7. The lowest BCUT2D eigenvalue weighted by Gasteiger charge is -2.18. The molecule has 0 aliphatic carbocycles. The Morgan fingerprint density at radius 3 is 1.05 bits per heavy atom. The Bertz CT molecular complexity index is 1070. The summed E-state index contributed by atoms with van der Waals surface area (Å²) >= 11 is 0. The molecule has 6 nitrogen and oxygen atoms in total. The van der Waals surface area contributed by atoms with E-state index in [2.05, 4.69) is 81.5 Å². The second-order valence-corrected chi connectivity index (χ2v) is 16.0. The molecule has 1 atom stereocenters. The first-order valence-corrected chi connectivity index (χ1v) is 24.3. The van der Waals surface area contributed by atoms with Crippen LogP contribution >= 0.6 is 0 Å². The number of carbonyl (C=O) groups is 3. The van der Waals surface area contributed by atoms with E-state index in [0.29, 0.717) is 19.3 Å². The highest BCUT2D eigenvalue weighted by molar-refractivity contribution is 5.71. The normalized spacial score (nSPS) is 12.5. The van der Waals surface area contributed by atoms with Crippen molar-refractivity contribution < 1.29 is 28.6 Å². The highest BCUT2D eigenvalue weighted by atomic mass is 16.6. The van der Waals surface area contributed by atoms with Crippen LogP contribution in [0.3, 0.4) is 0 Å². The topological polar surface area (TPSA) is 78.9 Å². The summed E-state index contributed by atoms with van der Waals surface area (Å²) < 4.78 is 16.7. The molecule has 1 unspecified atom stereocenters. The zero-order valence-corrected chi connectivity index (χ0v) is 38.0. The van der Waals surface area contributed by atoms with Crippen LogP contribution in [-0.4, -0.2) is 37.2 Å². The van der Waals surface area contributed by atoms with E-state index in [-0.39, 0.29) is 31.1 Å². The minimum absolute atomic E-state index is 0.0892. The summed E-state index contributed by atoms with van der Waals surface area (Å²) in [6.07, 6.45) is 56.3. The molecule has 0 fully saturated rings. The Hall–Kier alpha value is -2.89. The van der Waals surface area contributed by atoms with Gasteiger partial charge in [-0.1, -0.05) is 178 Å². The van der Waals surface area contributed by atoms with Crippen LogP contribution in [-0.2, 0) is 28.6 Å². The fraction of sp³-hybridized carbons (Fsp3) is 0.750. The quantitative estimate of drug-likeness (QED) is 0.0264. The van der Waals surface area contributed by atoms with Crippen LogP contribution < -0.4 is 0 Å². The molecule has 0 rings (SSSR count). The van der Waals surface area contributed by atoms with Crippen LogP contribution in [0.2, 0.25) is 0 Å². The first-order valence-electron chi connectivity index (χ1n) is 24.3. The minimum Gasteiger partial charge on any atom is -0.462 e. The van der Waals surface area contributed by atoms with E-state index in [4.69, 9.17) is 14.2 Å². The molecule has 0 bridgehead atoms. The number of hydrogen-bond acceptors (Lipinski definition) is 6. The fourth-order valence-electron chi connectivity index (χ4n) is 6.63. The van der Waals surface area contributed by atoms with E-state index in [9.17, 15) is 14.4 Å². The molecule has 0 saturated carbocycles. The Morgan fingerprint density at radius 1 is 0.362 bits per heavy atom. The highest BCUT2D eigenvalue weighted by Gasteiger charge is 2.19. The molecule has 334 valence electrons. The van der Waals surface area contributed by atoms with Crippen molar-refractivity contribution in [3.63, 3.8) is 0 Å². The summed E-state index contributed by atoms with van der Waals surface area (Å²) in [5, 5.41) is 0. The zero-order valence-electron chi connectivity index (χ0n) is 38.0. The number of rotatable bonds is 43. The van der Waals surface area contributed by atoms with Crippen molar-refractivity contribution in [3.8, 4) is 0 Å². The van der Waals surface area contributed by atoms with Gasteiger partial charge in [-0.05, 0) is 96.3 Å². The van der Waals surface area contributed by atoms with Gasteiger partial charge in [-0.3, -0.25) is 14.4 Å². The Labute approximate surface area is 358 Å². The Kier molecular flexibility index (Phi) is 44.5. The Balaban J connectivity index is 4.40. The van der Waals surface area contributed by atoms with Gasteiger partial charge < -0.3 is 14.2 Å². The molecule has 0 saturated heterocycles. The first-order chi connectivity index (χ1) is 28.5. The van der Waals surface area contributed by atoms with E-state index in [1.54, 1.807) is 0 Å². The molecule has 6 heteroatoms. The summed E-state index contributed by atoms with van der Waals surface area (Å²) in [4.78, 5) is 37.8.